The van der Waals surface area contributed by atoms with Gasteiger partial charge in [-0.15, -0.1) is 11.3 Å². The lowest BCUT2D eigenvalue weighted by Gasteiger charge is -2.34. The Morgan fingerprint density at radius 2 is 1.97 bits per heavy atom. The van der Waals surface area contributed by atoms with Gasteiger partial charge in [0.1, 0.15) is 4.90 Å². The lowest BCUT2D eigenvalue weighted by molar-refractivity contribution is -0.120. The minimum absolute atomic E-state index is 0.0991. The lowest BCUT2D eigenvalue weighted by atomic mass is 9.97. The van der Waals surface area contributed by atoms with E-state index in [1.165, 1.54) is 21.8 Å². The van der Waals surface area contributed by atoms with Gasteiger partial charge in [-0.2, -0.15) is 4.31 Å². The van der Waals surface area contributed by atoms with Crippen LogP contribution in [0.1, 0.15) is 32.4 Å². The molecule has 1 amide bonds. The van der Waals surface area contributed by atoms with Crippen molar-refractivity contribution in [1.29, 1.82) is 0 Å². The molecule has 2 aliphatic heterocycles. The zero-order chi connectivity index (χ0) is 22.7. The van der Waals surface area contributed by atoms with Crippen molar-refractivity contribution in [2.45, 2.75) is 50.3 Å². The van der Waals surface area contributed by atoms with Gasteiger partial charge in [0.05, 0.1) is 17.9 Å². The molecule has 2 saturated heterocycles. The van der Waals surface area contributed by atoms with Crippen LogP contribution in [0.2, 0.25) is 0 Å². The van der Waals surface area contributed by atoms with Gasteiger partial charge in [-0.3, -0.25) is 14.7 Å². The molecular weight excluding hydrogens is 450 g/mol. The van der Waals surface area contributed by atoms with Crippen molar-refractivity contribution in [3.8, 4) is 0 Å². The number of aromatic nitrogens is 2. The van der Waals surface area contributed by atoms with E-state index in [1.54, 1.807) is 18.3 Å². The van der Waals surface area contributed by atoms with Crippen LogP contribution in [0.25, 0.3) is 0 Å². The van der Waals surface area contributed by atoms with Crippen LogP contribution in [0.4, 0.5) is 5.13 Å². The van der Waals surface area contributed by atoms with Crippen LogP contribution in [0.15, 0.2) is 34.8 Å². The molecule has 0 radical (unpaired) electrons. The van der Waals surface area contributed by atoms with Gasteiger partial charge in [-0.1, -0.05) is 0 Å². The summed E-state index contributed by atoms with van der Waals surface area (Å²) in [7, 11) is -3.57. The number of ether oxygens (including phenoxy) is 1. The summed E-state index contributed by atoms with van der Waals surface area (Å²) in [5.74, 6) is -0.332. The normalized spacial score (nSPS) is 23.8. The lowest BCUT2D eigenvalue weighted by Crippen LogP contribution is -2.44. The molecule has 0 unspecified atom stereocenters. The number of hydrogen-bond donors (Lipinski definition) is 1. The topological polar surface area (TPSA) is 105 Å². The molecule has 0 bridgehead atoms. The maximum Gasteiger partial charge on any atom is 0.244 e. The highest BCUT2D eigenvalue weighted by molar-refractivity contribution is 7.89. The standard InChI is InChI=1S/C21H29N5O4S2/c1-15-11-25(12-16(2)30-15)13-18-14-31-21(23-18)24-20(27)17-5-8-26(9-6-17)32(28,29)19-4-3-7-22-10-19/h3-4,7,10,14-17H,5-6,8-9,11-13H2,1-2H3,(H,23,24,27)/t15-,16-/m1/s1. The number of carbonyl (C=O) groups excluding carboxylic acids is 1. The van der Waals surface area contributed by atoms with Gasteiger partial charge in [0.2, 0.25) is 15.9 Å². The number of morpholine rings is 1. The minimum atomic E-state index is -3.57. The second kappa shape index (κ2) is 9.92. The molecule has 0 saturated carbocycles. The molecule has 2 atom stereocenters. The summed E-state index contributed by atoms with van der Waals surface area (Å²) in [4.78, 5) is 23.7. The molecular formula is C21H29N5O4S2. The summed E-state index contributed by atoms with van der Waals surface area (Å²) in [5.41, 5.74) is 0.934. The summed E-state index contributed by atoms with van der Waals surface area (Å²) >= 11 is 1.42. The smallest absolute Gasteiger partial charge is 0.244 e. The predicted octanol–water partition coefficient (Wildman–Crippen LogP) is 2.19. The zero-order valence-electron chi connectivity index (χ0n) is 18.3. The van der Waals surface area contributed by atoms with Crippen molar-refractivity contribution >= 4 is 32.4 Å². The minimum Gasteiger partial charge on any atom is -0.373 e. The van der Waals surface area contributed by atoms with Crippen LogP contribution in [-0.2, 0) is 26.1 Å². The second-order valence-electron chi connectivity index (χ2n) is 8.45. The predicted molar refractivity (Wildman–Crippen MR) is 122 cm³/mol. The Hall–Kier alpha value is -1.92. The third-order valence-corrected chi connectivity index (χ3v) is 8.45. The third-order valence-electron chi connectivity index (χ3n) is 5.76. The Kier molecular flexibility index (Phi) is 7.21. The Morgan fingerprint density at radius 3 is 2.62 bits per heavy atom. The average Bonchev–Trinajstić information content (AvgIpc) is 3.20. The average molecular weight is 480 g/mol. The number of carbonyl (C=O) groups is 1. The Morgan fingerprint density at radius 1 is 1.25 bits per heavy atom. The van der Waals surface area contributed by atoms with E-state index < -0.39 is 10.0 Å². The van der Waals surface area contributed by atoms with Crippen molar-refractivity contribution in [1.82, 2.24) is 19.2 Å². The van der Waals surface area contributed by atoms with Crippen molar-refractivity contribution in [3.05, 3.63) is 35.6 Å². The number of sulfonamides is 1. The quantitative estimate of drug-likeness (QED) is 0.677. The summed E-state index contributed by atoms with van der Waals surface area (Å²) in [5, 5.41) is 5.48. The SMILES string of the molecule is C[C@@H]1CN(Cc2csc(NC(=O)C3CCN(S(=O)(=O)c4cccnc4)CC3)n2)C[C@@H](C)O1. The fraction of sp³-hybridized carbons (Fsp3) is 0.571. The van der Waals surface area contributed by atoms with Crippen molar-refractivity contribution < 1.29 is 17.9 Å². The van der Waals surface area contributed by atoms with E-state index in [0.29, 0.717) is 31.1 Å². The van der Waals surface area contributed by atoms with Crippen LogP contribution >= 0.6 is 11.3 Å². The number of nitrogens with one attached hydrogen (secondary N) is 1. The largest absolute Gasteiger partial charge is 0.373 e. The molecule has 0 aromatic carbocycles. The van der Waals surface area contributed by atoms with Crippen LogP contribution < -0.4 is 5.32 Å². The van der Waals surface area contributed by atoms with E-state index in [0.717, 1.165) is 25.3 Å². The molecule has 0 spiro atoms. The first-order valence-corrected chi connectivity index (χ1v) is 13.2. The van der Waals surface area contributed by atoms with Gasteiger partial charge >= 0.3 is 0 Å². The van der Waals surface area contributed by atoms with Crippen LogP contribution in [0.5, 0.6) is 0 Å². The maximum absolute atomic E-state index is 12.7. The van der Waals surface area contributed by atoms with Crippen molar-refractivity contribution in [2.75, 3.05) is 31.5 Å². The number of pyridine rings is 1. The van der Waals surface area contributed by atoms with Crippen molar-refractivity contribution in [3.63, 3.8) is 0 Å². The summed E-state index contributed by atoms with van der Waals surface area (Å²) in [6, 6.07) is 3.15. The zero-order valence-corrected chi connectivity index (χ0v) is 19.9. The maximum atomic E-state index is 12.7. The molecule has 174 valence electrons. The molecule has 2 fully saturated rings. The molecule has 9 nitrogen and oxygen atoms in total. The summed E-state index contributed by atoms with van der Waals surface area (Å²) in [6.45, 7) is 7.23. The highest BCUT2D eigenvalue weighted by Crippen LogP contribution is 2.26. The summed E-state index contributed by atoms with van der Waals surface area (Å²) in [6.07, 6.45) is 4.25. The second-order valence-corrected chi connectivity index (χ2v) is 11.2. The van der Waals surface area contributed by atoms with Gasteiger partial charge in [-0.25, -0.2) is 13.4 Å². The van der Waals surface area contributed by atoms with E-state index in [2.05, 4.69) is 34.0 Å². The number of amides is 1. The molecule has 2 aromatic rings. The fourth-order valence-electron chi connectivity index (χ4n) is 4.29. The molecule has 2 aromatic heterocycles. The van der Waals surface area contributed by atoms with Gasteiger partial charge in [0.25, 0.3) is 0 Å². The molecule has 0 aliphatic carbocycles. The van der Waals surface area contributed by atoms with Crippen LogP contribution in [0.3, 0.4) is 0 Å². The van der Waals surface area contributed by atoms with E-state index >= 15 is 0 Å². The van der Waals surface area contributed by atoms with Gasteiger partial charge in [0, 0.05) is 56.4 Å². The molecule has 4 heterocycles. The first kappa shape index (κ1) is 23.2. The molecule has 1 N–H and O–H groups in total. The highest BCUT2D eigenvalue weighted by atomic mass is 32.2. The first-order chi connectivity index (χ1) is 15.3. The molecule has 2 aliphatic rings. The molecule has 32 heavy (non-hydrogen) atoms. The fourth-order valence-corrected chi connectivity index (χ4v) is 6.43. The Balaban J connectivity index is 1.28. The highest BCUT2D eigenvalue weighted by Gasteiger charge is 2.32. The van der Waals surface area contributed by atoms with Crippen LogP contribution in [0, 0.1) is 5.92 Å². The third kappa shape index (κ3) is 5.52. The Bertz CT molecular complexity index is 1010. The molecule has 11 heteroatoms. The first-order valence-electron chi connectivity index (χ1n) is 10.8. The van der Waals surface area contributed by atoms with Crippen LogP contribution in [-0.4, -0.2) is 71.9 Å². The molecule has 4 rings (SSSR count). The number of hydrogen-bond acceptors (Lipinski definition) is 8. The van der Waals surface area contributed by atoms with Gasteiger partial charge in [-0.05, 0) is 38.8 Å². The van der Waals surface area contributed by atoms with Crippen molar-refractivity contribution in [2.24, 2.45) is 5.92 Å². The Labute approximate surface area is 192 Å². The van der Waals surface area contributed by atoms with Gasteiger partial charge in [0.15, 0.2) is 5.13 Å². The van der Waals surface area contributed by atoms with E-state index in [-0.39, 0.29) is 28.9 Å². The number of piperidine rings is 1. The number of nitrogens with zero attached hydrogens (tertiary/aromatic N) is 4. The number of anilines is 1. The monoisotopic (exact) mass is 479 g/mol. The number of thiazole rings is 1. The van der Waals surface area contributed by atoms with E-state index in [1.807, 2.05) is 5.38 Å². The van der Waals surface area contributed by atoms with E-state index in [4.69, 9.17) is 4.74 Å². The summed E-state index contributed by atoms with van der Waals surface area (Å²) < 4.78 is 32.7. The van der Waals surface area contributed by atoms with Gasteiger partial charge < -0.3 is 10.1 Å². The number of rotatable bonds is 6. The van der Waals surface area contributed by atoms with E-state index in [9.17, 15) is 13.2 Å².